The van der Waals surface area contributed by atoms with E-state index >= 15 is 0 Å². The Bertz CT molecular complexity index is 442. The molecule has 2 amide bonds. The minimum absolute atomic E-state index is 0.181. The summed E-state index contributed by atoms with van der Waals surface area (Å²) < 4.78 is 0. The third-order valence-corrected chi connectivity index (χ3v) is 2.67. The summed E-state index contributed by atoms with van der Waals surface area (Å²) in [6, 6.07) is 6.99. The van der Waals surface area contributed by atoms with Crippen LogP contribution in [0.15, 0.2) is 24.3 Å². The van der Waals surface area contributed by atoms with Gasteiger partial charge in [0.05, 0.1) is 0 Å². The molecule has 0 spiro atoms. The number of hydrogen-bond donors (Lipinski definition) is 1. The average molecular weight is 218 g/mol. The zero-order valence-electron chi connectivity index (χ0n) is 9.14. The topological polar surface area (TPSA) is 63.4 Å². The van der Waals surface area contributed by atoms with Crippen LogP contribution in [0.3, 0.4) is 0 Å². The van der Waals surface area contributed by atoms with E-state index in [2.05, 4.69) is 0 Å². The van der Waals surface area contributed by atoms with Crippen LogP contribution in [0.1, 0.15) is 22.3 Å². The van der Waals surface area contributed by atoms with Gasteiger partial charge in [-0.3, -0.25) is 14.5 Å². The molecule has 4 heteroatoms. The largest absolute Gasteiger partial charge is 0.326 e. The first-order chi connectivity index (χ1) is 7.58. The standard InChI is InChI=1S/C12H14N2O2/c1-8-3-2-4-9(5-8)12(16)14-7-10(13)6-11(14)15/h2-5,10H,6-7,13H2,1H3. The molecular weight excluding hydrogens is 204 g/mol. The smallest absolute Gasteiger partial charge is 0.260 e. The molecular formula is C12H14N2O2. The zero-order chi connectivity index (χ0) is 11.7. The highest BCUT2D eigenvalue weighted by atomic mass is 16.2. The summed E-state index contributed by atoms with van der Waals surface area (Å²) in [4.78, 5) is 24.7. The Kier molecular flexibility index (Phi) is 2.75. The minimum atomic E-state index is -0.248. The van der Waals surface area contributed by atoms with Crippen molar-refractivity contribution in [2.45, 2.75) is 19.4 Å². The first kappa shape index (κ1) is 10.8. The van der Waals surface area contributed by atoms with Gasteiger partial charge < -0.3 is 5.73 Å². The van der Waals surface area contributed by atoms with Crippen molar-refractivity contribution in [1.82, 2.24) is 4.90 Å². The summed E-state index contributed by atoms with van der Waals surface area (Å²) in [5.41, 5.74) is 7.19. The van der Waals surface area contributed by atoms with Crippen LogP contribution < -0.4 is 5.73 Å². The van der Waals surface area contributed by atoms with Crippen molar-refractivity contribution in [3.63, 3.8) is 0 Å². The minimum Gasteiger partial charge on any atom is -0.326 e. The maximum atomic E-state index is 12.0. The maximum absolute atomic E-state index is 12.0. The number of rotatable bonds is 1. The third kappa shape index (κ3) is 1.97. The molecule has 0 saturated carbocycles. The second kappa shape index (κ2) is 4.06. The molecule has 0 radical (unpaired) electrons. The Balaban J connectivity index is 2.23. The molecule has 2 rings (SSSR count). The van der Waals surface area contributed by atoms with Crippen LogP contribution >= 0.6 is 0 Å². The van der Waals surface area contributed by atoms with E-state index in [-0.39, 0.29) is 24.3 Å². The Morgan fingerprint density at radius 3 is 2.81 bits per heavy atom. The molecule has 84 valence electrons. The van der Waals surface area contributed by atoms with E-state index in [9.17, 15) is 9.59 Å². The van der Waals surface area contributed by atoms with E-state index in [0.717, 1.165) is 5.56 Å². The molecule has 1 aromatic carbocycles. The van der Waals surface area contributed by atoms with Crippen LogP contribution in [0.2, 0.25) is 0 Å². The fourth-order valence-electron chi connectivity index (χ4n) is 1.87. The van der Waals surface area contributed by atoms with E-state index in [0.29, 0.717) is 12.1 Å². The first-order valence-corrected chi connectivity index (χ1v) is 5.25. The van der Waals surface area contributed by atoms with E-state index in [1.54, 1.807) is 12.1 Å². The van der Waals surface area contributed by atoms with Gasteiger partial charge in [-0.05, 0) is 19.1 Å². The highest BCUT2D eigenvalue weighted by Gasteiger charge is 2.32. The lowest BCUT2D eigenvalue weighted by atomic mass is 10.1. The number of nitrogens with two attached hydrogens (primary N) is 1. The molecule has 1 saturated heterocycles. The zero-order valence-corrected chi connectivity index (χ0v) is 9.14. The van der Waals surface area contributed by atoms with Gasteiger partial charge in [0.2, 0.25) is 5.91 Å². The van der Waals surface area contributed by atoms with Gasteiger partial charge in [0.15, 0.2) is 0 Å². The predicted octanol–water partition coefficient (Wildman–Crippen LogP) is 0.695. The molecule has 0 bridgehead atoms. The van der Waals surface area contributed by atoms with Gasteiger partial charge in [-0.2, -0.15) is 0 Å². The van der Waals surface area contributed by atoms with Crippen LogP contribution in [-0.2, 0) is 4.79 Å². The number of imide groups is 1. The fraction of sp³-hybridized carbons (Fsp3) is 0.333. The predicted molar refractivity (Wildman–Crippen MR) is 59.8 cm³/mol. The summed E-state index contributed by atoms with van der Waals surface area (Å²) in [5.74, 6) is -0.430. The number of nitrogens with zero attached hydrogens (tertiary/aromatic N) is 1. The van der Waals surface area contributed by atoms with Crippen LogP contribution in [0, 0.1) is 6.92 Å². The van der Waals surface area contributed by atoms with Gasteiger partial charge in [0, 0.05) is 24.6 Å². The molecule has 2 N–H and O–H groups in total. The summed E-state index contributed by atoms with van der Waals surface area (Å²) in [6.45, 7) is 2.24. The van der Waals surface area contributed by atoms with Crippen LogP contribution in [-0.4, -0.2) is 29.3 Å². The molecule has 0 aromatic heterocycles. The van der Waals surface area contributed by atoms with E-state index in [4.69, 9.17) is 5.73 Å². The lowest BCUT2D eigenvalue weighted by Gasteiger charge is -2.14. The Morgan fingerprint density at radius 2 is 2.25 bits per heavy atom. The summed E-state index contributed by atoms with van der Waals surface area (Å²) >= 11 is 0. The van der Waals surface area contributed by atoms with Gasteiger partial charge in [-0.15, -0.1) is 0 Å². The Labute approximate surface area is 94.0 Å². The highest BCUT2D eigenvalue weighted by Crippen LogP contribution is 2.14. The number of amides is 2. The molecule has 1 aromatic rings. The number of carbonyl (C=O) groups excluding carboxylic acids is 2. The average Bonchev–Trinajstić information content (AvgIpc) is 2.57. The number of likely N-dealkylation sites (tertiary alicyclic amines) is 1. The molecule has 1 heterocycles. The molecule has 0 aliphatic carbocycles. The summed E-state index contributed by atoms with van der Waals surface area (Å²) in [6.07, 6.45) is 0.261. The van der Waals surface area contributed by atoms with Crippen molar-refractivity contribution < 1.29 is 9.59 Å². The SMILES string of the molecule is Cc1cccc(C(=O)N2CC(N)CC2=O)c1. The van der Waals surface area contributed by atoms with Crippen molar-refractivity contribution in [3.8, 4) is 0 Å². The number of benzene rings is 1. The lowest BCUT2D eigenvalue weighted by molar-refractivity contribution is -0.125. The fourth-order valence-corrected chi connectivity index (χ4v) is 1.87. The molecule has 16 heavy (non-hydrogen) atoms. The molecule has 1 unspecified atom stereocenters. The highest BCUT2D eigenvalue weighted by molar-refractivity contribution is 6.05. The molecule has 4 nitrogen and oxygen atoms in total. The van der Waals surface area contributed by atoms with Crippen molar-refractivity contribution >= 4 is 11.8 Å². The Morgan fingerprint density at radius 1 is 1.50 bits per heavy atom. The van der Waals surface area contributed by atoms with E-state index < -0.39 is 0 Å². The van der Waals surface area contributed by atoms with Gasteiger partial charge in [0.1, 0.15) is 0 Å². The van der Waals surface area contributed by atoms with Gasteiger partial charge in [-0.1, -0.05) is 17.7 Å². The quantitative estimate of drug-likeness (QED) is 0.705. The second-order valence-corrected chi connectivity index (χ2v) is 4.14. The molecule has 1 fully saturated rings. The third-order valence-electron chi connectivity index (χ3n) is 2.67. The number of hydrogen-bond acceptors (Lipinski definition) is 3. The first-order valence-electron chi connectivity index (χ1n) is 5.25. The van der Waals surface area contributed by atoms with Crippen molar-refractivity contribution in [2.24, 2.45) is 5.73 Å². The van der Waals surface area contributed by atoms with Gasteiger partial charge >= 0.3 is 0 Å². The van der Waals surface area contributed by atoms with Gasteiger partial charge in [-0.25, -0.2) is 0 Å². The second-order valence-electron chi connectivity index (χ2n) is 4.14. The van der Waals surface area contributed by atoms with Crippen LogP contribution in [0.5, 0.6) is 0 Å². The molecule has 1 atom stereocenters. The number of carbonyl (C=O) groups is 2. The number of aryl methyl sites for hydroxylation is 1. The lowest BCUT2D eigenvalue weighted by Crippen LogP contribution is -2.34. The monoisotopic (exact) mass is 218 g/mol. The van der Waals surface area contributed by atoms with Crippen molar-refractivity contribution in [1.29, 1.82) is 0 Å². The summed E-state index contributed by atoms with van der Waals surface area (Å²) in [5, 5.41) is 0. The van der Waals surface area contributed by atoms with Crippen molar-refractivity contribution in [2.75, 3.05) is 6.54 Å². The van der Waals surface area contributed by atoms with Crippen LogP contribution in [0.4, 0.5) is 0 Å². The van der Waals surface area contributed by atoms with Gasteiger partial charge in [0.25, 0.3) is 5.91 Å². The summed E-state index contributed by atoms with van der Waals surface area (Å²) in [7, 11) is 0. The van der Waals surface area contributed by atoms with E-state index in [1.807, 2.05) is 19.1 Å². The Hall–Kier alpha value is -1.68. The molecule has 1 aliphatic heterocycles. The van der Waals surface area contributed by atoms with E-state index in [1.165, 1.54) is 4.90 Å². The normalized spacial score (nSPS) is 20.2. The van der Waals surface area contributed by atoms with Crippen molar-refractivity contribution in [3.05, 3.63) is 35.4 Å². The maximum Gasteiger partial charge on any atom is 0.260 e. The molecule has 1 aliphatic rings. The van der Waals surface area contributed by atoms with Crippen LogP contribution in [0.25, 0.3) is 0 Å².